The van der Waals surface area contributed by atoms with Crippen LogP contribution in [0, 0.1) is 5.92 Å². The molecule has 1 fully saturated rings. The van der Waals surface area contributed by atoms with E-state index in [1.807, 2.05) is 6.08 Å². The molecule has 0 spiro atoms. The van der Waals surface area contributed by atoms with Crippen molar-refractivity contribution in [1.29, 1.82) is 0 Å². The number of hydrogen-bond donors (Lipinski definition) is 0. The van der Waals surface area contributed by atoms with Gasteiger partial charge in [0.2, 0.25) is 0 Å². The second-order valence-electron chi connectivity index (χ2n) is 3.77. The van der Waals surface area contributed by atoms with Crippen LogP contribution in [0.1, 0.15) is 19.3 Å². The van der Waals surface area contributed by atoms with Gasteiger partial charge in [-0.15, -0.1) is 0 Å². The molecule has 3 heteroatoms. The minimum Gasteiger partial charge on any atom is -0.504 e. The Morgan fingerprint density at radius 1 is 1.44 bits per heavy atom. The van der Waals surface area contributed by atoms with Gasteiger partial charge in [0.25, 0.3) is 0 Å². The van der Waals surface area contributed by atoms with E-state index in [4.69, 9.17) is 9.47 Å². The Morgan fingerprint density at radius 3 is 2.75 bits per heavy atom. The molecule has 16 heavy (non-hydrogen) atoms. The van der Waals surface area contributed by atoms with Gasteiger partial charge < -0.3 is 9.47 Å². The van der Waals surface area contributed by atoms with E-state index in [2.05, 4.69) is 6.58 Å². The summed E-state index contributed by atoms with van der Waals surface area (Å²) in [5.74, 6) is -0.187. The summed E-state index contributed by atoms with van der Waals surface area (Å²) in [5.41, 5.74) is 2.25. The molecule has 0 N–H and O–H groups in total. The van der Waals surface area contributed by atoms with E-state index < -0.39 is 0 Å². The minimum absolute atomic E-state index is 0.0478. The fourth-order valence-electron chi connectivity index (χ4n) is 1.96. The highest BCUT2D eigenvalue weighted by Crippen LogP contribution is 2.33. The van der Waals surface area contributed by atoms with Crippen LogP contribution in [-0.4, -0.2) is 20.2 Å². The number of carbonyl (C=O) groups is 1. The standard InChI is InChI=1S/C13H18O3/c1-4-5-10-6-7-11(13(14)16-3)8-12(10)9-15-2/h4-5,9,11H,1,6-8H2,2-3H3/b10-5-,12-9-. The number of esters is 1. The Morgan fingerprint density at radius 2 is 2.19 bits per heavy atom. The molecule has 1 atom stereocenters. The van der Waals surface area contributed by atoms with Crippen molar-refractivity contribution in [3.05, 3.63) is 36.1 Å². The molecule has 0 aliphatic heterocycles. The maximum atomic E-state index is 11.5. The molecule has 88 valence electrons. The van der Waals surface area contributed by atoms with Crippen molar-refractivity contribution in [3.8, 4) is 0 Å². The van der Waals surface area contributed by atoms with E-state index in [1.54, 1.807) is 19.4 Å². The molecule has 1 aliphatic carbocycles. The molecule has 3 nitrogen and oxygen atoms in total. The fraction of sp³-hybridized carbons (Fsp3) is 0.462. The molecule has 1 unspecified atom stereocenters. The van der Waals surface area contributed by atoms with Gasteiger partial charge in [-0.05, 0) is 30.4 Å². The van der Waals surface area contributed by atoms with Crippen LogP contribution < -0.4 is 0 Å². The monoisotopic (exact) mass is 222 g/mol. The quantitative estimate of drug-likeness (QED) is 0.544. The Hall–Kier alpha value is -1.51. The lowest BCUT2D eigenvalue weighted by Crippen LogP contribution is -2.21. The third-order valence-corrected chi connectivity index (χ3v) is 2.75. The highest BCUT2D eigenvalue weighted by molar-refractivity contribution is 5.73. The predicted molar refractivity (Wildman–Crippen MR) is 62.7 cm³/mol. The Labute approximate surface area is 96.4 Å². The lowest BCUT2D eigenvalue weighted by molar-refractivity contribution is -0.145. The van der Waals surface area contributed by atoms with Gasteiger partial charge in [0.1, 0.15) is 0 Å². The molecule has 0 bridgehead atoms. The normalized spacial score (nSPS) is 25.5. The molecule has 1 aliphatic rings. The molecule has 0 aromatic rings. The Bertz CT molecular complexity index is 326. The number of hydrogen-bond acceptors (Lipinski definition) is 3. The second-order valence-corrected chi connectivity index (χ2v) is 3.77. The third kappa shape index (κ3) is 2.99. The Kier molecular flexibility index (Phi) is 4.83. The number of rotatable bonds is 3. The van der Waals surface area contributed by atoms with Crippen LogP contribution in [0.5, 0.6) is 0 Å². The van der Waals surface area contributed by atoms with E-state index in [9.17, 15) is 4.79 Å². The zero-order valence-corrected chi connectivity index (χ0v) is 9.86. The van der Waals surface area contributed by atoms with Crippen LogP contribution in [-0.2, 0) is 14.3 Å². The van der Waals surface area contributed by atoms with E-state index in [-0.39, 0.29) is 11.9 Å². The first-order chi connectivity index (χ1) is 7.72. The largest absolute Gasteiger partial charge is 0.504 e. The summed E-state index contributed by atoms with van der Waals surface area (Å²) in [7, 11) is 3.04. The SMILES string of the molecule is C=C/C=C1/CCC(C(=O)OC)C/C1=C/OC. The Balaban J connectivity index is 2.80. The van der Waals surface area contributed by atoms with E-state index >= 15 is 0 Å². The van der Waals surface area contributed by atoms with Gasteiger partial charge in [0, 0.05) is 0 Å². The maximum Gasteiger partial charge on any atom is 0.309 e. The molecular weight excluding hydrogens is 204 g/mol. The van der Waals surface area contributed by atoms with E-state index in [0.29, 0.717) is 6.42 Å². The highest BCUT2D eigenvalue weighted by atomic mass is 16.5. The smallest absolute Gasteiger partial charge is 0.309 e. The molecule has 0 saturated heterocycles. The maximum absolute atomic E-state index is 11.5. The lowest BCUT2D eigenvalue weighted by atomic mass is 9.82. The average Bonchev–Trinajstić information content (AvgIpc) is 2.31. The van der Waals surface area contributed by atoms with Crippen LogP contribution in [0.2, 0.25) is 0 Å². The van der Waals surface area contributed by atoms with Crippen molar-refractivity contribution in [2.75, 3.05) is 14.2 Å². The first-order valence-electron chi connectivity index (χ1n) is 5.34. The van der Waals surface area contributed by atoms with Crippen molar-refractivity contribution >= 4 is 5.97 Å². The van der Waals surface area contributed by atoms with Gasteiger partial charge in [-0.2, -0.15) is 0 Å². The van der Waals surface area contributed by atoms with Crippen LogP contribution in [0.4, 0.5) is 0 Å². The van der Waals surface area contributed by atoms with Crippen molar-refractivity contribution < 1.29 is 14.3 Å². The third-order valence-electron chi connectivity index (χ3n) is 2.75. The van der Waals surface area contributed by atoms with Crippen LogP contribution in [0.15, 0.2) is 36.1 Å². The summed E-state index contributed by atoms with van der Waals surface area (Å²) in [6.45, 7) is 3.68. The second kappa shape index (κ2) is 6.16. The molecule has 1 saturated carbocycles. The van der Waals surface area contributed by atoms with Crippen molar-refractivity contribution in [2.24, 2.45) is 5.92 Å². The van der Waals surface area contributed by atoms with Gasteiger partial charge >= 0.3 is 5.97 Å². The summed E-state index contributed by atoms with van der Waals surface area (Å²) in [5, 5.41) is 0. The summed E-state index contributed by atoms with van der Waals surface area (Å²) in [6, 6.07) is 0. The first-order valence-corrected chi connectivity index (χ1v) is 5.34. The number of carbonyl (C=O) groups excluding carboxylic acids is 1. The van der Waals surface area contributed by atoms with E-state index in [1.165, 1.54) is 12.7 Å². The first kappa shape index (κ1) is 12.6. The lowest BCUT2D eigenvalue weighted by Gasteiger charge is -2.24. The average molecular weight is 222 g/mol. The summed E-state index contributed by atoms with van der Waals surface area (Å²) in [4.78, 5) is 11.5. The number of methoxy groups -OCH3 is 2. The zero-order chi connectivity index (χ0) is 12.0. The van der Waals surface area contributed by atoms with Gasteiger partial charge in [0.05, 0.1) is 26.4 Å². The summed E-state index contributed by atoms with van der Waals surface area (Å²) >= 11 is 0. The van der Waals surface area contributed by atoms with Gasteiger partial charge in [-0.1, -0.05) is 18.7 Å². The van der Waals surface area contributed by atoms with Crippen molar-refractivity contribution in [3.63, 3.8) is 0 Å². The molecule has 0 aromatic carbocycles. The van der Waals surface area contributed by atoms with Gasteiger partial charge in [-0.25, -0.2) is 0 Å². The zero-order valence-electron chi connectivity index (χ0n) is 9.86. The van der Waals surface area contributed by atoms with Crippen LogP contribution >= 0.6 is 0 Å². The van der Waals surface area contributed by atoms with Gasteiger partial charge in [0.15, 0.2) is 0 Å². The highest BCUT2D eigenvalue weighted by Gasteiger charge is 2.26. The topological polar surface area (TPSA) is 35.5 Å². The van der Waals surface area contributed by atoms with Crippen LogP contribution in [0.25, 0.3) is 0 Å². The molecule has 0 aromatic heterocycles. The number of allylic oxidation sites excluding steroid dienone is 4. The van der Waals surface area contributed by atoms with E-state index in [0.717, 1.165) is 18.4 Å². The van der Waals surface area contributed by atoms with Crippen LogP contribution in [0.3, 0.4) is 0 Å². The van der Waals surface area contributed by atoms with Crippen molar-refractivity contribution in [2.45, 2.75) is 19.3 Å². The van der Waals surface area contributed by atoms with Gasteiger partial charge in [-0.3, -0.25) is 4.79 Å². The number of ether oxygens (including phenoxy) is 2. The fourth-order valence-corrected chi connectivity index (χ4v) is 1.96. The minimum atomic E-state index is -0.139. The molecule has 0 heterocycles. The summed E-state index contributed by atoms with van der Waals surface area (Å²) in [6.07, 6.45) is 7.80. The molecule has 0 amide bonds. The van der Waals surface area contributed by atoms with Crippen molar-refractivity contribution in [1.82, 2.24) is 0 Å². The molecular formula is C13H18O3. The molecule has 0 radical (unpaired) electrons. The summed E-state index contributed by atoms with van der Waals surface area (Å²) < 4.78 is 9.80. The molecule has 1 rings (SSSR count). The predicted octanol–water partition coefficient (Wildman–Crippen LogP) is 2.60.